The second-order valence-corrected chi connectivity index (χ2v) is 6.82. The molecular weight excluding hydrogens is 389 g/mol. The van der Waals surface area contributed by atoms with Crippen LogP contribution in [0, 0.1) is 5.82 Å². The van der Waals surface area contributed by atoms with E-state index in [0.29, 0.717) is 17.3 Å². The summed E-state index contributed by atoms with van der Waals surface area (Å²) in [6, 6.07) is 12.0. The number of nitrogens with one attached hydrogen (secondary N) is 1. The van der Waals surface area contributed by atoms with E-state index >= 15 is 0 Å². The van der Waals surface area contributed by atoms with Crippen LogP contribution in [-0.4, -0.2) is 27.8 Å². The lowest BCUT2D eigenvalue weighted by atomic mass is 10.1. The number of halogens is 1. The summed E-state index contributed by atoms with van der Waals surface area (Å²) in [7, 11) is 0. The minimum absolute atomic E-state index is 0.0355. The molecule has 156 valence electrons. The molecule has 0 saturated heterocycles. The molecule has 0 unspecified atom stereocenters. The van der Waals surface area contributed by atoms with Gasteiger partial charge >= 0.3 is 5.97 Å². The van der Waals surface area contributed by atoms with Crippen molar-refractivity contribution in [1.82, 2.24) is 9.78 Å². The third kappa shape index (κ3) is 4.71. The van der Waals surface area contributed by atoms with Crippen LogP contribution in [0.4, 0.5) is 10.1 Å². The summed E-state index contributed by atoms with van der Waals surface area (Å²) in [5.41, 5.74) is -0.0706. The number of fused-ring (bicyclic) bond motifs is 1. The van der Waals surface area contributed by atoms with Crippen LogP contribution < -0.4 is 10.9 Å². The highest BCUT2D eigenvalue weighted by Gasteiger charge is 2.23. The van der Waals surface area contributed by atoms with E-state index in [4.69, 9.17) is 4.74 Å². The van der Waals surface area contributed by atoms with Gasteiger partial charge in [0.2, 0.25) is 0 Å². The number of benzene rings is 2. The van der Waals surface area contributed by atoms with Crippen molar-refractivity contribution < 1.29 is 18.7 Å². The van der Waals surface area contributed by atoms with Crippen LogP contribution in [0.25, 0.3) is 10.8 Å². The Morgan fingerprint density at radius 3 is 2.60 bits per heavy atom. The number of esters is 1. The number of aromatic nitrogens is 2. The molecule has 0 bridgehead atoms. The van der Waals surface area contributed by atoms with E-state index in [1.807, 2.05) is 6.92 Å². The zero-order valence-corrected chi connectivity index (χ0v) is 16.7. The van der Waals surface area contributed by atoms with Gasteiger partial charge < -0.3 is 10.1 Å². The molecule has 2 aromatic carbocycles. The van der Waals surface area contributed by atoms with Gasteiger partial charge in [-0.2, -0.15) is 5.10 Å². The molecule has 7 nitrogen and oxygen atoms in total. The van der Waals surface area contributed by atoms with Gasteiger partial charge in [-0.05, 0) is 37.6 Å². The van der Waals surface area contributed by atoms with Crippen LogP contribution in [0.5, 0.6) is 0 Å². The predicted octanol–water partition coefficient (Wildman–Crippen LogP) is 3.52. The fourth-order valence-corrected chi connectivity index (χ4v) is 2.93. The minimum atomic E-state index is -1.16. The number of carbonyl (C=O) groups is 2. The number of unbranched alkanes of at least 4 members (excludes halogenated alkanes) is 1. The van der Waals surface area contributed by atoms with E-state index in [1.54, 1.807) is 24.3 Å². The fraction of sp³-hybridized carbons (Fsp3) is 0.273. The van der Waals surface area contributed by atoms with Gasteiger partial charge in [-0.15, -0.1) is 0 Å². The van der Waals surface area contributed by atoms with Gasteiger partial charge in [0.25, 0.3) is 11.5 Å². The molecule has 0 fully saturated rings. The molecule has 1 heterocycles. The summed E-state index contributed by atoms with van der Waals surface area (Å²) in [5, 5.41) is 7.40. The predicted molar refractivity (Wildman–Crippen MR) is 111 cm³/mol. The van der Waals surface area contributed by atoms with Crippen molar-refractivity contribution in [2.24, 2.45) is 0 Å². The monoisotopic (exact) mass is 411 g/mol. The fourth-order valence-electron chi connectivity index (χ4n) is 2.93. The van der Waals surface area contributed by atoms with Gasteiger partial charge in [0, 0.05) is 17.6 Å². The molecule has 0 radical (unpaired) electrons. The molecule has 0 saturated carbocycles. The average Bonchev–Trinajstić information content (AvgIpc) is 2.73. The van der Waals surface area contributed by atoms with E-state index in [-0.39, 0.29) is 16.9 Å². The summed E-state index contributed by atoms with van der Waals surface area (Å²) in [5.74, 6) is -1.93. The molecule has 8 heteroatoms. The smallest absolute Gasteiger partial charge is 0.360 e. The van der Waals surface area contributed by atoms with Gasteiger partial charge in [0.05, 0.1) is 5.39 Å². The van der Waals surface area contributed by atoms with Crippen LogP contribution >= 0.6 is 0 Å². The van der Waals surface area contributed by atoms with Gasteiger partial charge in [-0.1, -0.05) is 37.6 Å². The largest absolute Gasteiger partial charge is 0.448 e. The maximum Gasteiger partial charge on any atom is 0.360 e. The van der Waals surface area contributed by atoms with E-state index in [0.717, 1.165) is 18.9 Å². The van der Waals surface area contributed by atoms with Crippen LogP contribution in [0.2, 0.25) is 0 Å². The minimum Gasteiger partial charge on any atom is -0.448 e. The van der Waals surface area contributed by atoms with Crippen molar-refractivity contribution in [3.05, 3.63) is 70.4 Å². The van der Waals surface area contributed by atoms with E-state index in [2.05, 4.69) is 10.4 Å². The molecule has 0 spiro atoms. The molecule has 1 amide bonds. The number of carbonyl (C=O) groups excluding carboxylic acids is 2. The Morgan fingerprint density at radius 2 is 1.90 bits per heavy atom. The molecule has 3 rings (SSSR count). The molecule has 1 aromatic heterocycles. The SMILES string of the molecule is CCCCn1nc(C(=O)O[C@@H](C)C(=O)Nc2cccc(F)c2)c2ccccc2c1=O. The summed E-state index contributed by atoms with van der Waals surface area (Å²) >= 11 is 0. The molecule has 1 N–H and O–H groups in total. The molecule has 0 aliphatic heterocycles. The zero-order chi connectivity index (χ0) is 21.7. The van der Waals surface area contributed by atoms with Crippen LogP contribution in [0.1, 0.15) is 37.2 Å². The molecule has 0 aliphatic rings. The van der Waals surface area contributed by atoms with Crippen molar-refractivity contribution in [3.63, 3.8) is 0 Å². The Balaban J connectivity index is 1.84. The Kier molecular flexibility index (Phi) is 6.56. The highest BCUT2D eigenvalue weighted by molar-refractivity contribution is 6.03. The molecule has 1 atom stereocenters. The van der Waals surface area contributed by atoms with Crippen LogP contribution in [0.3, 0.4) is 0 Å². The number of ether oxygens (including phenoxy) is 1. The highest BCUT2D eigenvalue weighted by Crippen LogP contribution is 2.16. The number of rotatable bonds is 7. The summed E-state index contributed by atoms with van der Waals surface area (Å²) in [4.78, 5) is 37.7. The quantitative estimate of drug-likeness (QED) is 0.601. The first-order valence-corrected chi connectivity index (χ1v) is 9.68. The maximum absolute atomic E-state index is 13.3. The number of nitrogens with zero attached hydrogens (tertiary/aromatic N) is 2. The first kappa shape index (κ1) is 21.2. The van der Waals surface area contributed by atoms with Crippen LogP contribution in [-0.2, 0) is 16.1 Å². The molecule has 0 aliphatic carbocycles. The molecular formula is C22H22FN3O4. The van der Waals surface area contributed by atoms with E-state index in [1.165, 1.54) is 29.8 Å². The van der Waals surface area contributed by atoms with Gasteiger partial charge in [-0.25, -0.2) is 13.9 Å². The zero-order valence-electron chi connectivity index (χ0n) is 16.7. The highest BCUT2D eigenvalue weighted by atomic mass is 19.1. The Labute approximate surface area is 172 Å². The summed E-state index contributed by atoms with van der Waals surface area (Å²) < 4.78 is 19.8. The topological polar surface area (TPSA) is 90.3 Å². The Bertz CT molecular complexity index is 1140. The first-order valence-electron chi connectivity index (χ1n) is 9.68. The Hall–Kier alpha value is -3.55. The van der Waals surface area contributed by atoms with Gasteiger partial charge in [0.1, 0.15) is 5.82 Å². The first-order chi connectivity index (χ1) is 14.4. The number of aryl methyl sites for hydroxylation is 1. The number of hydrogen-bond donors (Lipinski definition) is 1. The van der Waals surface area contributed by atoms with Gasteiger partial charge in [0.15, 0.2) is 11.8 Å². The number of anilines is 1. The number of hydrogen-bond acceptors (Lipinski definition) is 5. The van der Waals surface area contributed by atoms with Gasteiger partial charge in [-0.3, -0.25) is 9.59 Å². The third-order valence-electron chi connectivity index (χ3n) is 4.53. The lowest BCUT2D eigenvalue weighted by Gasteiger charge is -2.15. The maximum atomic E-state index is 13.3. The normalized spacial score (nSPS) is 11.8. The summed E-state index contributed by atoms with van der Waals surface area (Å²) in [6.07, 6.45) is 0.432. The van der Waals surface area contributed by atoms with Crippen molar-refractivity contribution in [1.29, 1.82) is 0 Å². The Morgan fingerprint density at radius 1 is 1.17 bits per heavy atom. The van der Waals surface area contributed by atoms with Crippen molar-refractivity contribution in [2.75, 3.05) is 5.32 Å². The second kappa shape index (κ2) is 9.30. The van der Waals surface area contributed by atoms with Crippen molar-refractivity contribution in [2.45, 2.75) is 39.3 Å². The van der Waals surface area contributed by atoms with Crippen molar-refractivity contribution in [3.8, 4) is 0 Å². The second-order valence-electron chi connectivity index (χ2n) is 6.82. The lowest BCUT2D eigenvalue weighted by molar-refractivity contribution is -0.123. The third-order valence-corrected chi connectivity index (χ3v) is 4.53. The molecule has 3 aromatic rings. The summed E-state index contributed by atoms with van der Waals surface area (Å²) in [6.45, 7) is 3.76. The number of amides is 1. The average molecular weight is 411 g/mol. The van der Waals surface area contributed by atoms with Crippen molar-refractivity contribution >= 4 is 28.3 Å². The van der Waals surface area contributed by atoms with Crippen LogP contribution in [0.15, 0.2) is 53.3 Å². The molecule has 30 heavy (non-hydrogen) atoms. The van der Waals surface area contributed by atoms with E-state index in [9.17, 15) is 18.8 Å². The lowest BCUT2D eigenvalue weighted by Crippen LogP contribution is -2.32. The van der Waals surface area contributed by atoms with E-state index < -0.39 is 23.8 Å². The standard InChI is InChI=1S/C22H22FN3O4/c1-3-4-12-26-21(28)18-11-6-5-10-17(18)19(25-26)22(29)30-14(2)20(27)24-16-9-7-8-15(23)13-16/h5-11,13-14H,3-4,12H2,1-2H3,(H,24,27)/t14-/m0/s1.